The number of benzene rings is 1. The second-order valence-electron chi connectivity index (χ2n) is 2.92. The maximum Gasteiger partial charge on any atom is 0.192 e. The zero-order chi connectivity index (χ0) is 11.3. The Hall–Kier alpha value is -1.55. The molecule has 15 heavy (non-hydrogen) atoms. The molecule has 1 aromatic carbocycles. The van der Waals surface area contributed by atoms with Gasteiger partial charge in [-0.1, -0.05) is 0 Å². The minimum atomic E-state index is -0.131. The van der Waals surface area contributed by atoms with E-state index in [0.717, 1.165) is 0 Å². The molecular formula is C11H14O4. The van der Waals surface area contributed by atoms with Crippen LogP contribution in [0.5, 0.6) is 11.5 Å². The summed E-state index contributed by atoms with van der Waals surface area (Å²) >= 11 is 0. The summed E-state index contributed by atoms with van der Waals surface area (Å²) in [4.78, 5) is 11.6. The maximum absolute atomic E-state index is 11.6. The van der Waals surface area contributed by atoms with E-state index >= 15 is 0 Å². The summed E-state index contributed by atoms with van der Waals surface area (Å²) in [6.45, 7) is 0.0313. The number of Topliss-reactive ketones (excluding diaryl/α,β-unsaturated/α-hetero) is 1. The molecule has 0 aliphatic carbocycles. The van der Waals surface area contributed by atoms with Crippen LogP contribution in [0.3, 0.4) is 0 Å². The molecule has 0 fully saturated rings. The number of carbonyl (C=O) groups is 1. The average molecular weight is 210 g/mol. The minimum Gasteiger partial charge on any atom is -0.497 e. The van der Waals surface area contributed by atoms with Gasteiger partial charge in [0.05, 0.1) is 19.8 Å². The average Bonchev–Trinajstić information content (AvgIpc) is 2.28. The predicted octanol–water partition coefficient (Wildman–Crippen LogP) is 1.53. The summed E-state index contributed by atoms with van der Waals surface area (Å²) in [7, 11) is 4.54. The number of hydrogen-bond acceptors (Lipinski definition) is 4. The number of hydrogen-bond donors (Lipinski definition) is 0. The summed E-state index contributed by atoms with van der Waals surface area (Å²) in [6.07, 6.45) is 0. The zero-order valence-corrected chi connectivity index (χ0v) is 9.07. The van der Waals surface area contributed by atoms with Crippen molar-refractivity contribution in [2.75, 3.05) is 27.9 Å². The highest BCUT2D eigenvalue weighted by Gasteiger charge is 2.12. The van der Waals surface area contributed by atoms with Crippen molar-refractivity contribution in [1.29, 1.82) is 0 Å². The van der Waals surface area contributed by atoms with Crippen LogP contribution in [0.4, 0.5) is 0 Å². The molecule has 0 aliphatic heterocycles. The molecule has 0 aromatic heterocycles. The third kappa shape index (κ3) is 2.70. The van der Waals surface area contributed by atoms with Gasteiger partial charge < -0.3 is 14.2 Å². The Morgan fingerprint density at radius 2 is 1.93 bits per heavy atom. The summed E-state index contributed by atoms with van der Waals surface area (Å²) in [6, 6.07) is 5.07. The molecule has 0 radical (unpaired) electrons. The van der Waals surface area contributed by atoms with Crippen LogP contribution < -0.4 is 9.47 Å². The molecular weight excluding hydrogens is 196 g/mol. The van der Waals surface area contributed by atoms with Gasteiger partial charge in [0.2, 0.25) is 0 Å². The Labute approximate surface area is 88.8 Å². The largest absolute Gasteiger partial charge is 0.497 e. The van der Waals surface area contributed by atoms with Gasteiger partial charge in [0.15, 0.2) is 5.78 Å². The summed E-state index contributed by atoms with van der Waals surface area (Å²) < 4.78 is 14.9. The fourth-order valence-corrected chi connectivity index (χ4v) is 1.24. The van der Waals surface area contributed by atoms with Gasteiger partial charge in [-0.25, -0.2) is 0 Å². The molecule has 0 aliphatic rings. The first-order valence-corrected chi connectivity index (χ1v) is 4.47. The zero-order valence-electron chi connectivity index (χ0n) is 9.07. The fourth-order valence-electron chi connectivity index (χ4n) is 1.24. The van der Waals surface area contributed by atoms with Gasteiger partial charge in [0, 0.05) is 7.11 Å². The van der Waals surface area contributed by atoms with Crippen LogP contribution in [-0.2, 0) is 4.74 Å². The van der Waals surface area contributed by atoms with Crippen LogP contribution in [0, 0.1) is 0 Å². The van der Waals surface area contributed by atoms with Crippen LogP contribution in [0.15, 0.2) is 18.2 Å². The molecule has 0 spiro atoms. The first-order chi connectivity index (χ1) is 7.22. The van der Waals surface area contributed by atoms with E-state index in [1.54, 1.807) is 25.3 Å². The Morgan fingerprint density at radius 3 is 2.47 bits per heavy atom. The van der Waals surface area contributed by atoms with Gasteiger partial charge in [-0.2, -0.15) is 0 Å². The van der Waals surface area contributed by atoms with Crippen molar-refractivity contribution < 1.29 is 19.0 Å². The van der Waals surface area contributed by atoms with Gasteiger partial charge in [0.1, 0.15) is 18.1 Å². The molecule has 4 nitrogen and oxygen atoms in total. The van der Waals surface area contributed by atoms with E-state index < -0.39 is 0 Å². The van der Waals surface area contributed by atoms with Crippen molar-refractivity contribution in [3.63, 3.8) is 0 Å². The summed E-state index contributed by atoms with van der Waals surface area (Å²) in [5.41, 5.74) is 0.471. The highest BCUT2D eigenvalue weighted by molar-refractivity contribution is 6.00. The van der Waals surface area contributed by atoms with Gasteiger partial charge in [0.25, 0.3) is 0 Å². The van der Waals surface area contributed by atoms with E-state index in [-0.39, 0.29) is 12.4 Å². The van der Waals surface area contributed by atoms with E-state index in [2.05, 4.69) is 0 Å². The second kappa shape index (κ2) is 5.36. The van der Waals surface area contributed by atoms with Crippen LogP contribution >= 0.6 is 0 Å². The Balaban J connectivity index is 3.05. The minimum absolute atomic E-state index is 0.0313. The van der Waals surface area contributed by atoms with E-state index in [1.165, 1.54) is 14.2 Å². The molecule has 1 rings (SSSR count). The third-order valence-corrected chi connectivity index (χ3v) is 1.98. The molecule has 0 N–H and O–H groups in total. The molecule has 0 amide bonds. The Bertz CT molecular complexity index is 346. The molecule has 0 bridgehead atoms. The monoisotopic (exact) mass is 210 g/mol. The van der Waals surface area contributed by atoms with Crippen LogP contribution in [0.1, 0.15) is 10.4 Å². The molecule has 0 unspecified atom stereocenters. The number of ether oxygens (including phenoxy) is 3. The lowest BCUT2D eigenvalue weighted by Crippen LogP contribution is -2.08. The van der Waals surface area contributed by atoms with E-state index in [1.807, 2.05) is 0 Å². The van der Waals surface area contributed by atoms with Crippen LogP contribution in [0.25, 0.3) is 0 Å². The highest BCUT2D eigenvalue weighted by Crippen LogP contribution is 2.24. The number of ketones is 1. The lowest BCUT2D eigenvalue weighted by atomic mass is 10.1. The normalized spacial score (nSPS) is 9.80. The standard InChI is InChI=1S/C11H14O4/c1-13-7-10(12)9-6-8(14-2)4-5-11(9)15-3/h4-6H,7H2,1-3H3. The first-order valence-electron chi connectivity index (χ1n) is 4.47. The molecule has 1 aromatic rings. The molecule has 0 atom stereocenters. The number of carbonyl (C=O) groups excluding carboxylic acids is 1. The van der Waals surface area contributed by atoms with Crippen molar-refractivity contribution >= 4 is 5.78 Å². The van der Waals surface area contributed by atoms with E-state index in [4.69, 9.17) is 14.2 Å². The Morgan fingerprint density at radius 1 is 1.20 bits per heavy atom. The molecule has 0 saturated carbocycles. The topological polar surface area (TPSA) is 44.8 Å². The van der Waals surface area contributed by atoms with E-state index in [0.29, 0.717) is 17.1 Å². The van der Waals surface area contributed by atoms with Crippen molar-refractivity contribution in [3.05, 3.63) is 23.8 Å². The molecule has 82 valence electrons. The van der Waals surface area contributed by atoms with Crippen molar-refractivity contribution in [3.8, 4) is 11.5 Å². The SMILES string of the molecule is COCC(=O)c1cc(OC)ccc1OC. The maximum atomic E-state index is 11.6. The fraction of sp³-hybridized carbons (Fsp3) is 0.364. The van der Waals surface area contributed by atoms with Crippen molar-refractivity contribution in [1.82, 2.24) is 0 Å². The molecule has 4 heteroatoms. The van der Waals surface area contributed by atoms with E-state index in [9.17, 15) is 4.79 Å². The number of rotatable bonds is 5. The van der Waals surface area contributed by atoms with Crippen molar-refractivity contribution in [2.24, 2.45) is 0 Å². The lowest BCUT2D eigenvalue weighted by molar-refractivity contribution is 0.0844. The second-order valence-corrected chi connectivity index (χ2v) is 2.92. The smallest absolute Gasteiger partial charge is 0.192 e. The summed E-state index contributed by atoms with van der Waals surface area (Å²) in [5.74, 6) is 1.02. The lowest BCUT2D eigenvalue weighted by Gasteiger charge is -2.08. The quantitative estimate of drug-likeness (QED) is 0.691. The summed E-state index contributed by atoms with van der Waals surface area (Å²) in [5, 5.41) is 0. The molecule has 0 heterocycles. The van der Waals surface area contributed by atoms with Gasteiger partial charge in [-0.3, -0.25) is 4.79 Å². The van der Waals surface area contributed by atoms with Gasteiger partial charge in [-0.15, -0.1) is 0 Å². The van der Waals surface area contributed by atoms with Gasteiger partial charge in [-0.05, 0) is 18.2 Å². The number of methoxy groups -OCH3 is 3. The predicted molar refractivity (Wildman–Crippen MR) is 55.8 cm³/mol. The third-order valence-electron chi connectivity index (χ3n) is 1.98. The highest BCUT2D eigenvalue weighted by atomic mass is 16.5. The molecule has 0 saturated heterocycles. The first kappa shape index (κ1) is 11.5. The van der Waals surface area contributed by atoms with Gasteiger partial charge >= 0.3 is 0 Å². The van der Waals surface area contributed by atoms with Crippen molar-refractivity contribution in [2.45, 2.75) is 0 Å². The van der Waals surface area contributed by atoms with Crippen LogP contribution in [0.2, 0.25) is 0 Å². The Kier molecular flexibility index (Phi) is 4.12. The van der Waals surface area contributed by atoms with Crippen LogP contribution in [-0.4, -0.2) is 33.7 Å².